The molecular formula is C26H27F3O5S2. The van der Waals surface area contributed by atoms with E-state index in [9.17, 15) is 30.9 Å². The van der Waals surface area contributed by atoms with Crippen molar-refractivity contribution in [1.29, 1.82) is 0 Å². The Morgan fingerprint density at radius 3 is 1.44 bits per heavy atom. The summed E-state index contributed by atoms with van der Waals surface area (Å²) in [4.78, 5) is 10.1. The first-order valence-electron chi connectivity index (χ1n) is 10.9. The lowest BCUT2D eigenvalue weighted by atomic mass is 10.2. The lowest BCUT2D eigenvalue weighted by Gasteiger charge is -2.22. The number of halogens is 3. The molecule has 0 aromatic heterocycles. The average molecular weight is 541 g/mol. The minimum absolute atomic E-state index is 0.323. The second-order valence-electron chi connectivity index (χ2n) is 7.79. The summed E-state index contributed by atoms with van der Waals surface area (Å²) in [6.45, 7) is -0.666. The highest BCUT2D eigenvalue weighted by Crippen LogP contribution is 2.27. The molecule has 0 saturated carbocycles. The van der Waals surface area contributed by atoms with Crippen LogP contribution in [-0.2, 0) is 47.8 Å². The molecule has 0 aliphatic rings. The van der Waals surface area contributed by atoms with Crippen LogP contribution in [0.2, 0.25) is 0 Å². The van der Waals surface area contributed by atoms with E-state index >= 15 is 0 Å². The van der Waals surface area contributed by atoms with Crippen LogP contribution >= 0.6 is 0 Å². The number of ether oxygens (including phenoxy) is 1. The van der Waals surface area contributed by atoms with Crippen molar-refractivity contribution in [2.24, 2.45) is 0 Å². The number of rotatable bonds is 10. The summed E-state index contributed by atoms with van der Waals surface area (Å²) in [5.41, 5.74) is 4.33. The summed E-state index contributed by atoms with van der Waals surface area (Å²) in [6.07, 6.45) is -3.37. The normalized spacial score (nSPS) is 12.4. The molecule has 1 unspecified atom stereocenters. The van der Waals surface area contributed by atoms with Crippen LogP contribution in [0.3, 0.4) is 0 Å². The van der Waals surface area contributed by atoms with Crippen LogP contribution in [0.1, 0.15) is 23.6 Å². The molecule has 0 amide bonds. The first-order chi connectivity index (χ1) is 17.0. The van der Waals surface area contributed by atoms with Crippen LogP contribution in [0.5, 0.6) is 0 Å². The van der Waals surface area contributed by atoms with Crippen LogP contribution in [0.4, 0.5) is 13.2 Å². The van der Waals surface area contributed by atoms with E-state index in [1.54, 1.807) is 0 Å². The van der Waals surface area contributed by atoms with Crippen molar-refractivity contribution in [3.05, 3.63) is 108 Å². The predicted octanol–water partition coefficient (Wildman–Crippen LogP) is 5.23. The minimum atomic E-state index is -6.10. The van der Waals surface area contributed by atoms with Crippen molar-refractivity contribution in [1.82, 2.24) is 0 Å². The Morgan fingerprint density at radius 2 is 1.17 bits per heavy atom. The van der Waals surface area contributed by atoms with Gasteiger partial charge in [0, 0.05) is 34.5 Å². The van der Waals surface area contributed by atoms with Crippen LogP contribution < -0.4 is 0 Å². The molecule has 0 radical (unpaired) electrons. The SMILES string of the molecule is CC(=O)OCC(F)C(F)(F)S(=O)(=O)[O-].c1ccc(C[S+](Cc2ccccc2)Cc2ccccc2)cc1. The maximum atomic E-state index is 12.4. The molecule has 0 aliphatic heterocycles. The zero-order valence-corrected chi connectivity index (χ0v) is 21.2. The summed E-state index contributed by atoms with van der Waals surface area (Å²) in [6, 6.07) is 32.6. The summed E-state index contributed by atoms with van der Waals surface area (Å²) >= 11 is 0. The molecule has 0 spiro atoms. The lowest BCUT2D eigenvalue weighted by molar-refractivity contribution is -0.145. The van der Waals surface area contributed by atoms with Gasteiger partial charge in [-0.25, -0.2) is 12.8 Å². The third-order valence-corrected chi connectivity index (χ3v) is 7.92. The van der Waals surface area contributed by atoms with Gasteiger partial charge in [-0.1, -0.05) is 91.0 Å². The van der Waals surface area contributed by atoms with Gasteiger partial charge in [0.1, 0.15) is 23.9 Å². The number of carbonyl (C=O) groups excluding carboxylic acids is 1. The Morgan fingerprint density at radius 1 is 0.833 bits per heavy atom. The molecule has 3 aromatic carbocycles. The summed E-state index contributed by atoms with van der Waals surface area (Å²) in [5, 5.41) is -5.09. The van der Waals surface area contributed by atoms with E-state index in [1.807, 2.05) is 0 Å². The van der Waals surface area contributed by atoms with Crippen LogP contribution in [0.15, 0.2) is 91.0 Å². The van der Waals surface area contributed by atoms with Gasteiger partial charge in [-0.15, -0.1) is 0 Å². The number of hydrogen-bond donors (Lipinski definition) is 0. The Kier molecular flexibility index (Phi) is 11.5. The zero-order valence-electron chi connectivity index (χ0n) is 19.6. The van der Waals surface area contributed by atoms with Gasteiger partial charge in [0.25, 0.3) is 0 Å². The van der Waals surface area contributed by atoms with Gasteiger partial charge >= 0.3 is 11.2 Å². The molecule has 1 atom stereocenters. The summed E-state index contributed by atoms with van der Waals surface area (Å²) in [7, 11) is -5.78. The third kappa shape index (κ3) is 10.0. The molecule has 36 heavy (non-hydrogen) atoms. The van der Waals surface area contributed by atoms with Gasteiger partial charge in [-0.05, 0) is 0 Å². The fourth-order valence-electron chi connectivity index (χ4n) is 3.03. The molecule has 0 heterocycles. The summed E-state index contributed by atoms with van der Waals surface area (Å²) < 4.78 is 70.4. The van der Waals surface area contributed by atoms with Crippen LogP contribution in [-0.4, -0.2) is 37.0 Å². The first kappa shape index (κ1) is 29.4. The van der Waals surface area contributed by atoms with E-state index in [2.05, 4.69) is 95.7 Å². The molecule has 5 nitrogen and oxygen atoms in total. The van der Waals surface area contributed by atoms with E-state index in [0.29, 0.717) is 10.9 Å². The minimum Gasteiger partial charge on any atom is -0.743 e. The van der Waals surface area contributed by atoms with Crippen molar-refractivity contribution >= 4 is 27.0 Å². The molecule has 0 saturated heterocycles. The fourth-order valence-corrected chi connectivity index (χ4v) is 5.71. The van der Waals surface area contributed by atoms with E-state index in [0.717, 1.165) is 24.2 Å². The van der Waals surface area contributed by atoms with Crippen LogP contribution in [0.25, 0.3) is 0 Å². The average Bonchev–Trinajstić information content (AvgIpc) is 2.84. The molecular weight excluding hydrogens is 513 g/mol. The molecule has 194 valence electrons. The first-order valence-corrected chi connectivity index (χ1v) is 14.0. The largest absolute Gasteiger partial charge is 0.743 e. The smallest absolute Gasteiger partial charge is 0.368 e. The predicted molar refractivity (Wildman–Crippen MR) is 134 cm³/mol. The molecule has 3 aromatic rings. The number of esters is 1. The van der Waals surface area contributed by atoms with Crippen molar-refractivity contribution in [2.45, 2.75) is 35.6 Å². The monoisotopic (exact) mass is 540 g/mol. The molecule has 10 heteroatoms. The highest BCUT2D eigenvalue weighted by Gasteiger charge is 2.48. The maximum Gasteiger partial charge on any atom is 0.368 e. The van der Waals surface area contributed by atoms with E-state index in [4.69, 9.17) is 0 Å². The zero-order chi connectivity index (χ0) is 26.6. The Labute approximate surface area is 212 Å². The standard InChI is InChI=1S/C21H21S.C5H7F3O5S/c1-4-10-19(11-5-1)16-22(17-20-12-6-2-7-13-20)18-21-14-8-3-9-15-21;1-3(9)13-2-4(6)5(7,8)14(10,11)12/h1-15H,16-18H2;4H,2H2,1H3,(H,10,11,12)/q+1;/p-1. The van der Waals surface area contributed by atoms with Gasteiger partial charge < -0.3 is 9.29 Å². The fraction of sp³-hybridized carbons (Fsp3) is 0.269. The molecule has 0 fully saturated rings. The van der Waals surface area contributed by atoms with Gasteiger partial charge in [-0.3, -0.25) is 4.79 Å². The topological polar surface area (TPSA) is 83.5 Å². The van der Waals surface area contributed by atoms with Crippen molar-refractivity contribution in [2.75, 3.05) is 6.61 Å². The van der Waals surface area contributed by atoms with Gasteiger partial charge in [-0.2, -0.15) is 8.78 Å². The third-order valence-electron chi connectivity index (χ3n) is 4.77. The lowest BCUT2D eigenvalue weighted by Crippen LogP contribution is -2.41. The Balaban J connectivity index is 0.000000284. The molecule has 3 rings (SSSR count). The Bertz CT molecular complexity index is 1060. The highest BCUT2D eigenvalue weighted by molar-refractivity contribution is 7.94. The molecule has 0 aliphatic carbocycles. The highest BCUT2D eigenvalue weighted by atomic mass is 32.2. The van der Waals surface area contributed by atoms with E-state index < -0.39 is 34.1 Å². The Hall–Kier alpha value is -2.82. The summed E-state index contributed by atoms with van der Waals surface area (Å²) in [5.74, 6) is 2.41. The van der Waals surface area contributed by atoms with E-state index in [1.165, 1.54) is 16.7 Å². The quantitative estimate of drug-likeness (QED) is 0.200. The second kappa shape index (κ2) is 14.1. The van der Waals surface area contributed by atoms with Crippen molar-refractivity contribution in [3.63, 3.8) is 0 Å². The maximum absolute atomic E-state index is 12.4. The number of hydrogen-bond acceptors (Lipinski definition) is 5. The second-order valence-corrected chi connectivity index (χ2v) is 11.3. The number of alkyl halides is 3. The molecule has 0 bridgehead atoms. The van der Waals surface area contributed by atoms with Gasteiger partial charge in [0.2, 0.25) is 6.17 Å². The van der Waals surface area contributed by atoms with E-state index in [-0.39, 0.29) is 0 Å². The molecule has 0 N–H and O–H groups in total. The van der Waals surface area contributed by atoms with Crippen molar-refractivity contribution < 1.29 is 35.7 Å². The number of carbonyl (C=O) groups is 1. The van der Waals surface area contributed by atoms with Crippen LogP contribution in [0, 0.1) is 0 Å². The van der Waals surface area contributed by atoms with Crippen molar-refractivity contribution in [3.8, 4) is 0 Å². The number of benzene rings is 3. The van der Waals surface area contributed by atoms with Gasteiger partial charge in [0.15, 0.2) is 10.1 Å². The van der Waals surface area contributed by atoms with Gasteiger partial charge in [0.05, 0.1) is 0 Å².